The van der Waals surface area contributed by atoms with Gasteiger partial charge in [-0.2, -0.15) is 0 Å². The van der Waals surface area contributed by atoms with Gasteiger partial charge >= 0.3 is 0 Å². The number of hydrogen-bond donors (Lipinski definition) is 1. The third-order valence-corrected chi connectivity index (χ3v) is 3.02. The van der Waals surface area contributed by atoms with E-state index in [1.807, 2.05) is 0 Å². The zero-order valence-corrected chi connectivity index (χ0v) is 9.57. The molecule has 1 atom stereocenters. The van der Waals surface area contributed by atoms with Crippen LogP contribution >= 0.6 is 0 Å². The van der Waals surface area contributed by atoms with Gasteiger partial charge in [-0.15, -0.1) is 0 Å². The third-order valence-electron chi connectivity index (χ3n) is 3.02. The molecule has 1 unspecified atom stereocenters. The molecule has 84 valence electrons. The molecule has 1 fully saturated rings. The highest BCUT2D eigenvalue weighted by molar-refractivity contribution is 5.09. The largest absolute Gasteiger partial charge is 0.370 e. The van der Waals surface area contributed by atoms with Crippen molar-refractivity contribution in [2.75, 3.05) is 0 Å². The summed E-state index contributed by atoms with van der Waals surface area (Å²) in [6, 6.07) is 2.07. The van der Waals surface area contributed by atoms with Crippen LogP contribution in [-0.2, 0) is 17.8 Å². The van der Waals surface area contributed by atoms with Gasteiger partial charge < -0.3 is 15.0 Å². The first-order valence-corrected chi connectivity index (χ1v) is 5.61. The van der Waals surface area contributed by atoms with Crippen LogP contribution in [0.2, 0.25) is 0 Å². The molecule has 0 amide bonds. The van der Waals surface area contributed by atoms with Gasteiger partial charge in [0.2, 0.25) is 0 Å². The molecule has 1 aromatic heterocycles. The Labute approximate surface area is 91.2 Å². The van der Waals surface area contributed by atoms with Crippen molar-refractivity contribution in [3.05, 3.63) is 24.0 Å². The second kappa shape index (κ2) is 3.99. The Bertz CT molecular complexity index is 330. The molecule has 1 aliphatic heterocycles. The van der Waals surface area contributed by atoms with E-state index >= 15 is 0 Å². The number of ether oxygens (including phenoxy) is 1. The zero-order valence-electron chi connectivity index (χ0n) is 9.57. The highest BCUT2D eigenvalue weighted by Crippen LogP contribution is 2.30. The smallest absolute Gasteiger partial charge is 0.0762 e. The number of nitrogens with two attached hydrogens (primary N) is 1. The summed E-state index contributed by atoms with van der Waals surface area (Å²) in [6.45, 7) is 5.88. The average molecular weight is 208 g/mol. The van der Waals surface area contributed by atoms with Gasteiger partial charge in [-0.05, 0) is 38.3 Å². The van der Waals surface area contributed by atoms with Crippen LogP contribution in [0.4, 0.5) is 0 Å². The quantitative estimate of drug-likeness (QED) is 0.824. The van der Waals surface area contributed by atoms with E-state index < -0.39 is 0 Å². The molecule has 1 aromatic rings. The summed E-state index contributed by atoms with van der Waals surface area (Å²) in [5, 5.41) is 0. The molecular weight excluding hydrogens is 188 g/mol. The van der Waals surface area contributed by atoms with Crippen molar-refractivity contribution in [1.29, 1.82) is 0 Å². The predicted molar refractivity (Wildman–Crippen MR) is 60.5 cm³/mol. The highest BCUT2D eigenvalue weighted by Gasteiger charge is 2.31. The van der Waals surface area contributed by atoms with Crippen LogP contribution in [0.25, 0.3) is 0 Å². The minimum absolute atomic E-state index is 0.0640. The Hall–Kier alpha value is -0.800. The molecule has 1 saturated heterocycles. The lowest BCUT2D eigenvalue weighted by molar-refractivity contribution is -0.0216. The summed E-state index contributed by atoms with van der Waals surface area (Å²) in [4.78, 5) is 0. The average Bonchev–Trinajstić information content (AvgIpc) is 2.73. The van der Waals surface area contributed by atoms with Crippen molar-refractivity contribution in [3.63, 3.8) is 0 Å². The lowest BCUT2D eigenvalue weighted by atomic mass is 10.1. The maximum absolute atomic E-state index is 5.94. The molecule has 2 N–H and O–H groups in total. The van der Waals surface area contributed by atoms with Gasteiger partial charge in [0, 0.05) is 25.5 Å². The van der Waals surface area contributed by atoms with E-state index in [0.29, 0.717) is 12.6 Å². The Morgan fingerprint density at radius 3 is 2.93 bits per heavy atom. The van der Waals surface area contributed by atoms with Gasteiger partial charge in [-0.25, -0.2) is 0 Å². The van der Waals surface area contributed by atoms with Crippen molar-refractivity contribution in [2.24, 2.45) is 5.73 Å². The topological polar surface area (TPSA) is 40.2 Å². The summed E-state index contributed by atoms with van der Waals surface area (Å²) in [5.74, 6) is 0. The van der Waals surface area contributed by atoms with Crippen LogP contribution in [0.15, 0.2) is 18.5 Å². The van der Waals surface area contributed by atoms with Gasteiger partial charge in [-0.3, -0.25) is 0 Å². The second-order valence-corrected chi connectivity index (χ2v) is 4.96. The Kier molecular flexibility index (Phi) is 2.85. The first kappa shape index (κ1) is 10.7. The fraction of sp³-hybridized carbons (Fsp3) is 0.667. The molecule has 3 heteroatoms. The van der Waals surface area contributed by atoms with Crippen LogP contribution in [0.1, 0.15) is 32.3 Å². The fourth-order valence-electron chi connectivity index (χ4n) is 2.17. The van der Waals surface area contributed by atoms with E-state index in [0.717, 1.165) is 19.4 Å². The van der Waals surface area contributed by atoms with E-state index in [9.17, 15) is 0 Å². The van der Waals surface area contributed by atoms with Crippen LogP contribution in [0.3, 0.4) is 0 Å². The molecule has 15 heavy (non-hydrogen) atoms. The van der Waals surface area contributed by atoms with Gasteiger partial charge in [0.15, 0.2) is 0 Å². The van der Waals surface area contributed by atoms with Crippen LogP contribution < -0.4 is 5.73 Å². The maximum Gasteiger partial charge on any atom is 0.0762 e. The maximum atomic E-state index is 5.94. The number of rotatable bonds is 3. The first-order chi connectivity index (χ1) is 7.09. The molecule has 0 saturated carbocycles. The second-order valence-electron chi connectivity index (χ2n) is 4.96. The van der Waals surface area contributed by atoms with E-state index in [-0.39, 0.29) is 5.60 Å². The molecule has 3 nitrogen and oxygen atoms in total. The standard InChI is InChI=1S/C12H20N2O/c1-12(2)5-3-11(15-12)9-14-6-4-10(7-13)8-14/h4,6,8,11H,3,5,7,9,13H2,1-2H3. The Morgan fingerprint density at radius 1 is 1.60 bits per heavy atom. The minimum Gasteiger partial charge on any atom is -0.370 e. The molecule has 2 rings (SSSR count). The van der Waals surface area contributed by atoms with Crippen molar-refractivity contribution in [3.8, 4) is 0 Å². The fourth-order valence-corrected chi connectivity index (χ4v) is 2.17. The Morgan fingerprint density at radius 2 is 2.40 bits per heavy atom. The van der Waals surface area contributed by atoms with Crippen molar-refractivity contribution in [2.45, 2.75) is 51.5 Å². The lowest BCUT2D eigenvalue weighted by Gasteiger charge is -2.19. The Balaban J connectivity index is 1.92. The summed E-state index contributed by atoms with van der Waals surface area (Å²) in [6.07, 6.45) is 6.86. The van der Waals surface area contributed by atoms with E-state index in [4.69, 9.17) is 10.5 Å². The predicted octanol–water partition coefficient (Wildman–Crippen LogP) is 1.90. The number of nitrogens with zero attached hydrogens (tertiary/aromatic N) is 1. The first-order valence-electron chi connectivity index (χ1n) is 5.61. The molecule has 0 spiro atoms. The van der Waals surface area contributed by atoms with Crippen molar-refractivity contribution in [1.82, 2.24) is 4.57 Å². The van der Waals surface area contributed by atoms with Crippen molar-refractivity contribution < 1.29 is 4.74 Å². The summed E-state index contributed by atoms with van der Waals surface area (Å²) < 4.78 is 8.12. The van der Waals surface area contributed by atoms with E-state index in [2.05, 4.69) is 36.9 Å². The third kappa shape index (κ3) is 2.61. The summed E-state index contributed by atoms with van der Waals surface area (Å²) in [7, 11) is 0. The molecule has 2 heterocycles. The zero-order chi connectivity index (χ0) is 10.9. The lowest BCUT2D eigenvalue weighted by Crippen LogP contribution is -2.22. The van der Waals surface area contributed by atoms with Gasteiger partial charge in [-0.1, -0.05) is 0 Å². The van der Waals surface area contributed by atoms with Crippen LogP contribution in [0.5, 0.6) is 0 Å². The van der Waals surface area contributed by atoms with E-state index in [1.54, 1.807) is 0 Å². The summed E-state index contributed by atoms with van der Waals surface area (Å²) >= 11 is 0. The minimum atomic E-state index is 0.0640. The molecule has 1 aliphatic rings. The van der Waals surface area contributed by atoms with Crippen LogP contribution in [0, 0.1) is 0 Å². The SMILES string of the molecule is CC1(C)CCC(Cn2ccc(CN)c2)O1. The monoisotopic (exact) mass is 208 g/mol. The van der Waals surface area contributed by atoms with Gasteiger partial charge in [0.05, 0.1) is 11.7 Å². The summed E-state index contributed by atoms with van der Waals surface area (Å²) in [5.41, 5.74) is 6.82. The number of aromatic nitrogens is 1. The normalized spacial score (nSPS) is 24.6. The molecule has 0 aromatic carbocycles. The van der Waals surface area contributed by atoms with E-state index in [1.165, 1.54) is 5.56 Å². The van der Waals surface area contributed by atoms with Crippen molar-refractivity contribution >= 4 is 0 Å². The molecule has 0 bridgehead atoms. The molecule has 0 aliphatic carbocycles. The van der Waals surface area contributed by atoms with Gasteiger partial charge in [0.1, 0.15) is 0 Å². The van der Waals surface area contributed by atoms with Gasteiger partial charge in [0.25, 0.3) is 0 Å². The highest BCUT2D eigenvalue weighted by atomic mass is 16.5. The molecule has 0 radical (unpaired) electrons. The van der Waals surface area contributed by atoms with Crippen LogP contribution in [-0.4, -0.2) is 16.3 Å². The number of hydrogen-bond acceptors (Lipinski definition) is 2. The molecular formula is C12H20N2O.